The Labute approximate surface area is 184 Å². The number of hydrogen-bond acceptors (Lipinski definition) is 4. The Bertz CT molecular complexity index is 1130. The average molecular weight is 449 g/mol. The van der Waals surface area contributed by atoms with E-state index in [9.17, 15) is 19.5 Å². The highest BCUT2D eigenvalue weighted by molar-refractivity contribution is 6.31. The first-order valence-corrected chi connectivity index (χ1v) is 10.3. The Morgan fingerprint density at radius 1 is 1.20 bits per heavy atom. The van der Waals surface area contributed by atoms with Gasteiger partial charge in [-0.25, -0.2) is 0 Å². The molecule has 0 fully saturated rings. The van der Waals surface area contributed by atoms with Gasteiger partial charge in [0.1, 0.15) is 5.02 Å². The summed E-state index contributed by atoms with van der Waals surface area (Å²) in [5.41, 5.74) is 1.34. The summed E-state index contributed by atoms with van der Waals surface area (Å²) < 4.78 is 1.37. The summed E-state index contributed by atoms with van der Waals surface area (Å²) in [4.78, 5) is 39.6. The molecule has 2 aromatic rings. The van der Waals surface area contributed by atoms with Gasteiger partial charge in [0.25, 0.3) is 11.5 Å². The van der Waals surface area contributed by atoms with E-state index in [1.807, 2.05) is 6.92 Å². The maximum absolute atomic E-state index is 13.1. The minimum Gasteiger partial charge on any atom is -0.503 e. The van der Waals surface area contributed by atoms with Crippen molar-refractivity contribution in [3.63, 3.8) is 0 Å². The second-order valence-corrected chi connectivity index (χ2v) is 8.34. The number of aromatic nitrogens is 1. The van der Waals surface area contributed by atoms with Crippen LogP contribution in [0.15, 0.2) is 46.6 Å². The Kier molecular flexibility index (Phi) is 6.11. The van der Waals surface area contributed by atoms with Crippen LogP contribution in [-0.2, 0) is 16.1 Å². The van der Waals surface area contributed by atoms with Crippen molar-refractivity contribution in [3.8, 4) is 0 Å². The molecule has 158 valence electrons. The van der Waals surface area contributed by atoms with Crippen molar-refractivity contribution in [1.29, 1.82) is 0 Å². The molecule has 6 nitrogen and oxygen atoms in total. The molecule has 0 spiro atoms. The lowest BCUT2D eigenvalue weighted by Gasteiger charge is -2.29. The highest BCUT2D eigenvalue weighted by Gasteiger charge is 2.45. The Hall–Kier alpha value is -2.57. The predicted octanol–water partition coefficient (Wildman–Crippen LogP) is 4.61. The summed E-state index contributed by atoms with van der Waals surface area (Å²) in [5, 5.41) is 11.1. The summed E-state index contributed by atoms with van der Waals surface area (Å²) in [6.45, 7) is 7.34. The predicted molar refractivity (Wildman–Crippen MR) is 117 cm³/mol. The number of amides is 1. The molecule has 1 atom stereocenters. The molecule has 0 saturated carbocycles. The van der Waals surface area contributed by atoms with Gasteiger partial charge in [-0.05, 0) is 43.2 Å². The van der Waals surface area contributed by atoms with Crippen LogP contribution >= 0.6 is 23.2 Å². The molecule has 0 saturated heterocycles. The third kappa shape index (κ3) is 3.66. The van der Waals surface area contributed by atoms with Crippen molar-refractivity contribution in [2.75, 3.05) is 4.90 Å². The Morgan fingerprint density at radius 2 is 1.87 bits per heavy atom. The summed E-state index contributed by atoms with van der Waals surface area (Å²) in [6, 6.07) is 5.63. The van der Waals surface area contributed by atoms with E-state index in [4.69, 9.17) is 23.2 Å². The third-order valence-corrected chi connectivity index (χ3v) is 5.68. The number of aryl methyl sites for hydroxylation is 2. The molecule has 30 heavy (non-hydrogen) atoms. The number of halogens is 2. The van der Waals surface area contributed by atoms with Crippen molar-refractivity contribution < 1.29 is 14.7 Å². The number of anilines is 1. The van der Waals surface area contributed by atoms with E-state index in [1.54, 1.807) is 39.0 Å². The largest absolute Gasteiger partial charge is 0.503 e. The minimum atomic E-state index is -0.872. The molecular formula is C22H22Cl2N2O4. The molecule has 1 aliphatic heterocycles. The van der Waals surface area contributed by atoms with E-state index in [2.05, 4.69) is 0 Å². The highest BCUT2D eigenvalue weighted by Crippen LogP contribution is 2.43. The van der Waals surface area contributed by atoms with Gasteiger partial charge in [0.15, 0.2) is 11.5 Å². The lowest BCUT2D eigenvalue weighted by Crippen LogP contribution is -2.33. The summed E-state index contributed by atoms with van der Waals surface area (Å²) in [6.07, 6.45) is 1.50. The first-order valence-electron chi connectivity index (χ1n) is 9.55. The van der Waals surface area contributed by atoms with Gasteiger partial charge in [-0.15, -0.1) is 0 Å². The fourth-order valence-electron chi connectivity index (χ4n) is 3.63. The van der Waals surface area contributed by atoms with Gasteiger partial charge >= 0.3 is 0 Å². The normalized spacial score (nSPS) is 16.7. The molecule has 0 aliphatic carbocycles. The second-order valence-electron chi connectivity index (χ2n) is 7.50. The fourth-order valence-corrected chi connectivity index (χ4v) is 4.07. The van der Waals surface area contributed by atoms with Gasteiger partial charge in [-0.2, -0.15) is 0 Å². The molecule has 0 bridgehead atoms. The zero-order valence-electron chi connectivity index (χ0n) is 17.1. The number of aliphatic hydroxyl groups is 1. The summed E-state index contributed by atoms with van der Waals surface area (Å²) in [7, 11) is 0. The van der Waals surface area contributed by atoms with Crippen LogP contribution in [0.2, 0.25) is 10.0 Å². The van der Waals surface area contributed by atoms with E-state index in [0.29, 0.717) is 22.8 Å². The van der Waals surface area contributed by atoms with E-state index in [-0.39, 0.29) is 21.9 Å². The van der Waals surface area contributed by atoms with Gasteiger partial charge < -0.3 is 9.67 Å². The molecule has 0 radical (unpaired) electrons. The maximum atomic E-state index is 13.1. The number of pyridine rings is 1. The number of ketones is 1. The first kappa shape index (κ1) is 22.1. The molecule has 1 N–H and O–H groups in total. The number of carbonyl (C=O) groups is 2. The standard InChI is InChI=1S/C22H22Cl2N2O4/c1-5-25-10-14(9-16(24)21(25)29)26-18(15-7-6-13(23)8-12(15)4)17(19(27)11(2)3)20(28)22(26)30/h6-11,18,28H,5H2,1-4H3. The molecule has 3 rings (SSSR count). The molecular weight excluding hydrogens is 427 g/mol. The summed E-state index contributed by atoms with van der Waals surface area (Å²) in [5.74, 6) is -2.09. The van der Waals surface area contributed by atoms with Gasteiger partial charge in [0.05, 0.1) is 17.3 Å². The number of hydrogen-bond donors (Lipinski definition) is 1. The maximum Gasteiger partial charge on any atom is 0.294 e. The van der Waals surface area contributed by atoms with Crippen LogP contribution in [0.5, 0.6) is 0 Å². The fraction of sp³-hybridized carbons (Fsp3) is 0.318. The van der Waals surface area contributed by atoms with Crippen molar-refractivity contribution in [2.24, 2.45) is 5.92 Å². The monoisotopic (exact) mass is 448 g/mol. The number of nitrogens with zero attached hydrogens (tertiary/aromatic N) is 2. The molecule has 1 amide bonds. The Balaban J connectivity index is 2.29. The summed E-state index contributed by atoms with van der Waals surface area (Å²) >= 11 is 12.2. The van der Waals surface area contributed by atoms with E-state index < -0.39 is 23.6 Å². The topological polar surface area (TPSA) is 79.6 Å². The average Bonchev–Trinajstić information content (AvgIpc) is 2.94. The van der Waals surface area contributed by atoms with Gasteiger partial charge in [0.2, 0.25) is 0 Å². The number of benzene rings is 1. The van der Waals surface area contributed by atoms with Crippen LogP contribution < -0.4 is 10.5 Å². The van der Waals surface area contributed by atoms with Crippen LogP contribution in [-0.4, -0.2) is 21.4 Å². The van der Waals surface area contributed by atoms with Crippen molar-refractivity contribution >= 4 is 40.6 Å². The molecule has 1 aromatic carbocycles. The lowest BCUT2D eigenvalue weighted by molar-refractivity contribution is -0.119. The van der Waals surface area contributed by atoms with Crippen LogP contribution in [0.3, 0.4) is 0 Å². The minimum absolute atomic E-state index is 0.0193. The first-order chi connectivity index (χ1) is 14.1. The third-order valence-electron chi connectivity index (χ3n) is 5.17. The number of rotatable bonds is 5. The Morgan fingerprint density at radius 3 is 2.43 bits per heavy atom. The molecule has 1 unspecified atom stereocenters. The van der Waals surface area contributed by atoms with Crippen molar-refractivity contribution in [2.45, 2.75) is 40.3 Å². The quantitative estimate of drug-likeness (QED) is 0.723. The highest BCUT2D eigenvalue weighted by atomic mass is 35.5. The van der Waals surface area contributed by atoms with Crippen molar-refractivity contribution in [1.82, 2.24) is 4.57 Å². The van der Waals surface area contributed by atoms with Gasteiger partial charge in [-0.1, -0.05) is 43.1 Å². The van der Waals surface area contributed by atoms with Crippen molar-refractivity contribution in [3.05, 3.63) is 73.3 Å². The zero-order chi connectivity index (χ0) is 22.3. The number of aliphatic hydroxyl groups excluding tert-OH is 1. The SMILES string of the molecule is CCn1cc(N2C(=O)C(O)=C(C(=O)C(C)C)C2c2ccc(Cl)cc2C)cc(Cl)c1=O. The van der Waals surface area contributed by atoms with Crippen LogP contribution in [0.25, 0.3) is 0 Å². The molecule has 1 aliphatic rings. The smallest absolute Gasteiger partial charge is 0.294 e. The van der Waals surface area contributed by atoms with Crippen LogP contribution in [0, 0.1) is 12.8 Å². The molecule has 1 aromatic heterocycles. The van der Waals surface area contributed by atoms with E-state index >= 15 is 0 Å². The zero-order valence-corrected chi connectivity index (χ0v) is 18.6. The van der Waals surface area contributed by atoms with E-state index in [1.165, 1.54) is 21.7 Å². The van der Waals surface area contributed by atoms with E-state index in [0.717, 1.165) is 5.56 Å². The molecule has 2 heterocycles. The van der Waals surface area contributed by atoms with Crippen LogP contribution in [0.1, 0.15) is 37.9 Å². The van der Waals surface area contributed by atoms with Gasteiger partial charge in [0, 0.05) is 23.7 Å². The number of carbonyl (C=O) groups excluding carboxylic acids is 2. The molecule has 8 heteroatoms. The number of Topliss-reactive ketones (excluding diaryl/α,β-unsaturated/α-hetero) is 1. The second kappa shape index (κ2) is 8.28. The van der Waals surface area contributed by atoms with Gasteiger partial charge in [-0.3, -0.25) is 19.3 Å². The lowest BCUT2D eigenvalue weighted by atomic mass is 9.89. The van der Waals surface area contributed by atoms with Crippen LogP contribution in [0.4, 0.5) is 5.69 Å².